The topological polar surface area (TPSA) is 63.8 Å². The average Bonchev–Trinajstić information content (AvgIpc) is 2.91. The first-order chi connectivity index (χ1) is 10.2. The third-order valence-corrected chi connectivity index (χ3v) is 2.61. The van der Waals surface area contributed by atoms with E-state index in [-0.39, 0.29) is 5.91 Å². The van der Waals surface area contributed by atoms with E-state index in [0.717, 1.165) is 5.76 Å². The van der Waals surface area contributed by atoms with E-state index in [0.29, 0.717) is 23.7 Å². The Balaban J connectivity index is 2.03. The number of para-hydroxylation sites is 1. The second kappa shape index (κ2) is 7.09. The van der Waals surface area contributed by atoms with Crippen LogP contribution in [-0.4, -0.2) is 18.7 Å². The normalized spacial score (nSPS) is 10.5. The molecule has 5 heteroatoms. The molecule has 0 radical (unpaired) electrons. The van der Waals surface area contributed by atoms with Crippen LogP contribution in [0, 0.1) is 6.92 Å². The molecule has 0 saturated heterocycles. The highest BCUT2D eigenvalue weighted by atomic mass is 16.5. The van der Waals surface area contributed by atoms with Crippen LogP contribution in [0.3, 0.4) is 0 Å². The molecule has 108 valence electrons. The van der Waals surface area contributed by atoms with E-state index in [1.165, 1.54) is 6.21 Å². The van der Waals surface area contributed by atoms with E-state index >= 15 is 0 Å². The lowest BCUT2D eigenvalue weighted by atomic mass is 10.2. The van der Waals surface area contributed by atoms with E-state index < -0.39 is 0 Å². The average molecular weight is 284 g/mol. The Hall–Kier alpha value is -2.82. The first-order valence-corrected chi connectivity index (χ1v) is 6.43. The van der Waals surface area contributed by atoms with E-state index in [9.17, 15) is 4.79 Å². The molecule has 0 aliphatic carbocycles. The standard InChI is InChI=1S/C16H16N2O3/c1-3-10-20-15-7-5-4-6-14(15)16(19)18-17-11-13-9-8-12(2)21-13/h3-9,11H,1,10H2,2H3,(H,18,19)/b17-11+. The second-order valence-corrected chi connectivity index (χ2v) is 4.24. The molecule has 0 atom stereocenters. The van der Waals surface area contributed by atoms with E-state index in [1.807, 2.05) is 13.0 Å². The van der Waals surface area contributed by atoms with Crippen molar-refractivity contribution in [1.82, 2.24) is 5.43 Å². The summed E-state index contributed by atoms with van der Waals surface area (Å²) >= 11 is 0. The van der Waals surface area contributed by atoms with Crippen molar-refractivity contribution in [2.24, 2.45) is 5.10 Å². The van der Waals surface area contributed by atoms with Gasteiger partial charge in [-0.1, -0.05) is 24.8 Å². The second-order valence-electron chi connectivity index (χ2n) is 4.24. The molecule has 2 aromatic rings. The van der Waals surface area contributed by atoms with Crippen LogP contribution in [0.25, 0.3) is 0 Å². The number of hydrogen-bond acceptors (Lipinski definition) is 4. The fourth-order valence-electron chi connectivity index (χ4n) is 1.67. The summed E-state index contributed by atoms with van der Waals surface area (Å²) in [5.41, 5.74) is 2.85. The summed E-state index contributed by atoms with van der Waals surface area (Å²) in [5.74, 6) is 1.49. The van der Waals surface area contributed by atoms with Crippen LogP contribution in [-0.2, 0) is 0 Å². The summed E-state index contributed by atoms with van der Waals surface area (Å²) in [6.45, 7) is 5.74. The van der Waals surface area contributed by atoms with Crippen LogP contribution in [0.15, 0.2) is 58.6 Å². The molecule has 1 aromatic heterocycles. The highest BCUT2D eigenvalue weighted by Gasteiger charge is 2.10. The smallest absolute Gasteiger partial charge is 0.275 e. The first kappa shape index (κ1) is 14.6. The lowest BCUT2D eigenvalue weighted by Crippen LogP contribution is -2.18. The zero-order valence-corrected chi connectivity index (χ0v) is 11.7. The monoisotopic (exact) mass is 284 g/mol. The Kier molecular flexibility index (Phi) is 4.93. The molecule has 0 aliphatic heterocycles. The van der Waals surface area contributed by atoms with Crippen LogP contribution >= 0.6 is 0 Å². The number of nitrogens with one attached hydrogen (secondary N) is 1. The van der Waals surface area contributed by atoms with Crippen molar-refractivity contribution in [3.05, 3.63) is 66.1 Å². The van der Waals surface area contributed by atoms with Gasteiger partial charge in [-0.3, -0.25) is 4.79 Å². The summed E-state index contributed by atoms with van der Waals surface area (Å²) in [4.78, 5) is 12.1. The number of rotatable bonds is 6. The summed E-state index contributed by atoms with van der Waals surface area (Å²) in [7, 11) is 0. The number of amides is 1. The van der Waals surface area contributed by atoms with Crippen molar-refractivity contribution >= 4 is 12.1 Å². The molecule has 2 rings (SSSR count). The summed E-state index contributed by atoms with van der Waals surface area (Å²) in [6, 6.07) is 10.5. The summed E-state index contributed by atoms with van der Waals surface area (Å²) in [6.07, 6.45) is 3.06. The zero-order chi connectivity index (χ0) is 15.1. The number of carbonyl (C=O) groups excluding carboxylic acids is 1. The largest absolute Gasteiger partial charge is 0.489 e. The van der Waals surface area contributed by atoms with Crippen LogP contribution in [0.2, 0.25) is 0 Å². The number of furan rings is 1. The van der Waals surface area contributed by atoms with Gasteiger partial charge in [0.2, 0.25) is 0 Å². The molecular formula is C16H16N2O3. The molecule has 0 bridgehead atoms. The Morgan fingerprint density at radius 1 is 1.38 bits per heavy atom. The zero-order valence-electron chi connectivity index (χ0n) is 11.7. The van der Waals surface area contributed by atoms with Crippen molar-refractivity contribution in [3.63, 3.8) is 0 Å². The van der Waals surface area contributed by atoms with Gasteiger partial charge in [0.25, 0.3) is 5.91 Å². The number of benzene rings is 1. The highest BCUT2D eigenvalue weighted by Crippen LogP contribution is 2.17. The van der Waals surface area contributed by atoms with Crippen molar-refractivity contribution < 1.29 is 13.9 Å². The molecule has 1 amide bonds. The van der Waals surface area contributed by atoms with Crippen molar-refractivity contribution in [3.8, 4) is 5.75 Å². The van der Waals surface area contributed by atoms with Gasteiger partial charge >= 0.3 is 0 Å². The quantitative estimate of drug-likeness (QED) is 0.504. The molecule has 1 N–H and O–H groups in total. The van der Waals surface area contributed by atoms with Crippen LogP contribution < -0.4 is 10.2 Å². The fourth-order valence-corrected chi connectivity index (χ4v) is 1.67. The van der Waals surface area contributed by atoms with Gasteiger partial charge in [-0.2, -0.15) is 5.10 Å². The molecule has 5 nitrogen and oxygen atoms in total. The minimum absolute atomic E-state index is 0.333. The molecular weight excluding hydrogens is 268 g/mol. The van der Waals surface area contributed by atoms with Crippen molar-refractivity contribution in [2.75, 3.05) is 6.61 Å². The summed E-state index contributed by atoms with van der Waals surface area (Å²) < 4.78 is 10.7. The molecule has 0 spiro atoms. The van der Waals surface area contributed by atoms with Gasteiger partial charge in [0.05, 0.1) is 11.8 Å². The lowest BCUT2D eigenvalue weighted by molar-refractivity contribution is 0.0951. The maximum absolute atomic E-state index is 12.1. The van der Waals surface area contributed by atoms with Gasteiger partial charge in [0.15, 0.2) is 0 Å². The van der Waals surface area contributed by atoms with Crippen LogP contribution in [0.5, 0.6) is 5.75 Å². The molecule has 1 aromatic carbocycles. The number of hydrazone groups is 1. The molecule has 1 heterocycles. The SMILES string of the molecule is C=CCOc1ccccc1C(=O)N/N=C/c1ccc(C)o1. The van der Waals surface area contributed by atoms with Crippen LogP contribution in [0.1, 0.15) is 21.9 Å². The number of carbonyl (C=O) groups is 1. The first-order valence-electron chi connectivity index (χ1n) is 6.43. The van der Waals surface area contributed by atoms with E-state index in [4.69, 9.17) is 9.15 Å². The Labute approximate surface area is 122 Å². The lowest BCUT2D eigenvalue weighted by Gasteiger charge is -2.08. The predicted octanol–water partition coefficient (Wildman–Crippen LogP) is 2.92. The van der Waals surface area contributed by atoms with Gasteiger partial charge in [0, 0.05) is 0 Å². The number of aryl methyl sites for hydroxylation is 1. The molecule has 21 heavy (non-hydrogen) atoms. The Morgan fingerprint density at radius 3 is 2.90 bits per heavy atom. The minimum atomic E-state index is -0.353. The van der Waals surface area contributed by atoms with Crippen LogP contribution in [0.4, 0.5) is 0 Å². The van der Waals surface area contributed by atoms with E-state index in [2.05, 4.69) is 17.1 Å². The molecule has 0 aliphatic rings. The number of ether oxygens (including phenoxy) is 1. The number of hydrogen-bond donors (Lipinski definition) is 1. The highest BCUT2D eigenvalue weighted by molar-refractivity contribution is 5.97. The van der Waals surface area contributed by atoms with Gasteiger partial charge in [0.1, 0.15) is 23.9 Å². The molecule has 0 unspecified atom stereocenters. The fraction of sp³-hybridized carbons (Fsp3) is 0.125. The van der Waals surface area contributed by atoms with Gasteiger partial charge < -0.3 is 9.15 Å². The molecule has 0 saturated carbocycles. The predicted molar refractivity (Wildman–Crippen MR) is 80.6 cm³/mol. The Bertz CT molecular complexity index is 659. The number of nitrogens with zero attached hydrogens (tertiary/aromatic N) is 1. The van der Waals surface area contributed by atoms with Gasteiger partial charge in [-0.15, -0.1) is 0 Å². The Morgan fingerprint density at radius 2 is 2.19 bits per heavy atom. The summed E-state index contributed by atoms with van der Waals surface area (Å²) in [5, 5.41) is 3.86. The van der Waals surface area contributed by atoms with Gasteiger partial charge in [-0.05, 0) is 31.2 Å². The van der Waals surface area contributed by atoms with Crippen molar-refractivity contribution in [2.45, 2.75) is 6.92 Å². The van der Waals surface area contributed by atoms with Gasteiger partial charge in [-0.25, -0.2) is 5.43 Å². The third-order valence-electron chi connectivity index (χ3n) is 2.61. The maximum atomic E-state index is 12.1. The van der Waals surface area contributed by atoms with Crippen molar-refractivity contribution in [1.29, 1.82) is 0 Å². The van der Waals surface area contributed by atoms with E-state index in [1.54, 1.807) is 36.4 Å². The maximum Gasteiger partial charge on any atom is 0.275 e. The third kappa shape index (κ3) is 4.07. The molecule has 0 fully saturated rings. The minimum Gasteiger partial charge on any atom is -0.489 e.